The van der Waals surface area contributed by atoms with Gasteiger partial charge in [-0.15, -0.1) is 0 Å². The van der Waals surface area contributed by atoms with E-state index in [0.717, 1.165) is 79.0 Å². The van der Waals surface area contributed by atoms with E-state index in [4.69, 9.17) is 24.4 Å². The highest BCUT2D eigenvalue weighted by atomic mass is 16.5. The topological polar surface area (TPSA) is 95.2 Å². The van der Waals surface area contributed by atoms with E-state index >= 15 is 0 Å². The molecule has 0 spiro atoms. The number of nitrogens with one attached hydrogen (secondary N) is 2. The van der Waals surface area contributed by atoms with Crippen LogP contribution in [0.4, 0.5) is 11.8 Å². The second kappa shape index (κ2) is 7.18. The van der Waals surface area contributed by atoms with E-state index in [1.54, 1.807) is 0 Å². The van der Waals surface area contributed by atoms with Crippen LogP contribution in [0.2, 0.25) is 0 Å². The molecule has 2 unspecified atom stereocenters. The number of aromatic nitrogens is 5. The molecule has 3 saturated heterocycles. The standard InChI is InChI=1S/C23H25N7O2/c1-2-15(11-18-14(1)5-6-24-18)20-25-19-21(26-20)27-23(29-7-9-31-10-8-29)28-22(19)30-16-3-4-17(30)13-32-12-16/h1-2,5-6,11,16-17,24H,3-4,7-10,12-13H2,(H,25,26,27,28). The van der Waals surface area contributed by atoms with Gasteiger partial charge in [-0.3, -0.25) is 0 Å². The van der Waals surface area contributed by atoms with Crippen molar-refractivity contribution in [2.45, 2.75) is 24.9 Å². The molecule has 32 heavy (non-hydrogen) atoms. The summed E-state index contributed by atoms with van der Waals surface area (Å²) in [6, 6.07) is 9.11. The molecule has 6 heterocycles. The highest BCUT2D eigenvalue weighted by Gasteiger charge is 2.40. The summed E-state index contributed by atoms with van der Waals surface area (Å²) in [4.78, 5) is 26.4. The van der Waals surface area contributed by atoms with Crippen LogP contribution in [-0.4, -0.2) is 76.5 Å². The molecule has 0 amide bonds. The summed E-state index contributed by atoms with van der Waals surface area (Å²) in [5.41, 5.74) is 3.74. The monoisotopic (exact) mass is 431 g/mol. The fraction of sp³-hybridized carbons (Fsp3) is 0.435. The van der Waals surface area contributed by atoms with Crippen molar-refractivity contribution in [3.05, 3.63) is 30.5 Å². The fourth-order valence-electron chi connectivity index (χ4n) is 5.26. The second-order valence-corrected chi connectivity index (χ2v) is 8.84. The van der Waals surface area contributed by atoms with Crippen LogP contribution in [0.15, 0.2) is 30.5 Å². The highest BCUT2D eigenvalue weighted by Crippen LogP contribution is 2.37. The molecule has 3 aromatic heterocycles. The van der Waals surface area contributed by atoms with Gasteiger partial charge in [-0.1, -0.05) is 12.1 Å². The van der Waals surface area contributed by atoms with Gasteiger partial charge < -0.3 is 29.2 Å². The lowest BCUT2D eigenvalue weighted by Crippen LogP contribution is -2.46. The summed E-state index contributed by atoms with van der Waals surface area (Å²) in [5, 5.41) is 1.19. The molecule has 7 rings (SSSR count). The zero-order valence-electron chi connectivity index (χ0n) is 17.8. The molecule has 0 aliphatic carbocycles. The van der Waals surface area contributed by atoms with Gasteiger partial charge in [0.15, 0.2) is 17.0 Å². The van der Waals surface area contributed by atoms with Gasteiger partial charge in [0.05, 0.1) is 38.5 Å². The molecule has 0 radical (unpaired) electrons. The smallest absolute Gasteiger partial charge is 0.229 e. The first-order chi connectivity index (χ1) is 15.8. The van der Waals surface area contributed by atoms with E-state index in [2.05, 4.69) is 44.0 Å². The van der Waals surface area contributed by atoms with Crippen LogP contribution in [0.3, 0.4) is 0 Å². The molecule has 4 aromatic rings. The molecule has 2 atom stereocenters. The number of anilines is 2. The second-order valence-electron chi connectivity index (χ2n) is 8.84. The van der Waals surface area contributed by atoms with Gasteiger partial charge in [0.2, 0.25) is 5.95 Å². The quantitative estimate of drug-likeness (QED) is 0.515. The average molecular weight is 432 g/mol. The third-order valence-electron chi connectivity index (χ3n) is 6.92. The molecule has 3 aliphatic heterocycles. The van der Waals surface area contributed by atoms with E-state index in [0.29, 0.717) is 25.3 Å². The van der Waals surface area contributed by atoms with Gasteiger partial charge in [0.25, 0.3) is 0 Å². The van der Waals surface area contributed by atoms with E-state index in [1.807, 2.05) is 6.20 Å². The zero-order chi connectivity index (χ0) is 21.1. The van der Waals surface area contributed by atoms with Crippen LogP contribution in [-0.2, 0) is 9.47 Å². The van der Waals surface area contributed by atoms with Crippen molar-refractivity contribution >= 4 is 33.8 Å². The van der Waals surface area contributed by atoms with Gasteiger partial charge in [0.1, 0.15) is 5.82 Å². The predicted octanol–water partition coefficient (Wildman–Crippen LogP) is 2.71. The maximum atomic E-state index is 5.83. The van der Waals surface area contributed by atoms with Crippen molar-refractivity contribution in [3.63, 3.8) is 0 Å². The Morgan fingerprint density at radius 1 is 0.938 bits per heavy atom. The summed E-state index contributed by atoms with van der Waals surface area (Å²) in [6.07, 6.45) is 4.22. The van der Waals surface area contributed by atoms with Crippen LogP contribution >= 0.6 is 0 Å². The molecule has 1 aromatic carbocycles. The molecule has 0 saturated carbocycles. The van der Waals surface area contributed by atoms with Crippen LogP contribution in [0.1, 0.15) is 12.8 Å². The number of hydrogen-bond acceptors (Lipinski definition) is 7. The minimum atomic E-state index is 0.347. The molecule has 164 valence electrons. The summed E-state index contributed by atoms with van der Waals surface area (Å²) < 4.78 is 11.4. The Morgan fingerprint density at radius 3 is 2.62 bits per heavy atom. The van der Waals surface area contributed by atoms with Crippen LogP contribution < -0.4 is 9.80 Å². The Labute approximate surface area is 184 Å². The molecular formula is C23H25N7O2. The maximum Gasteiger partial charge on any atom is 0.229 e. The average Bonchev–Trinajstić information content (AvgIpc) is 3.54. The fourth-order valence-corrected chi connectivity index (χ4v) is 5.26. The molecule has 9 heteroatoms. The van der Waals surface area contributed by atoms with Crippen molar-refractivity contribution in [2.75, 3.05) is 49.3 Å². The number of ether oxygens (including phenoxy) is 2. The summed E-state index contributed by atoms with van der Waals surface area (Å²) in [6.45, 7) is 4.48. The minimum absolute atomic E-state index is 0.347. The minimum Gasteiger partial charge on any atom is -0.378 e. The summed E-state index contributed by atoms with van der Waals surface area (Å²) in [5.74, 6) is 2.49. The summed E-state index contributed by atoms with van der Waals surface area (Å²) in [7, 11) is 0. The van der Waals surface area contributed by atoms with Gasteiger partial charge >= 0.3 is 0 Å². The SMILES string of the molecule is c1cc2ccc(-c3nc4c(N5C6CCC5COC6)nc(N5CCOCC5)nc4[nH]3)cc2[nH]1. The van der Waals surface area contributed by atoms with Gasteiger partial charge in [-0.25, -0.2) is 4.98 Å². The molecule has 2 bridgehead atoms. The van der Waals surface area contributed by atoms with Crippen LogP contribution in [0, 0.1) is 0 Å². The number of nitrogens with zero attached hydrogens (tertiary/aromatic N) is 5. The Hall–Kier alpha value is -3.17. The predicted molar refractivity (Wildman–Crippen MR) is 122 cm³/mol. The zero-order valence-corrected chi connectivity index (χ0v) is 17.8. The number of rotatable bonds is 3. The first kappa shape index (κ1) is 18.4. The van der Waals surface area contributed by atoms with Crippen LogP contribution in [0.5, 0.6) is 0 Å². The third-order valence-corrected chi connectivity index (χ3v) is 6.92. The van der Waals surface area contributed by atoms with E-state index in [9.17, 15) is 0 Å². The third kappa shape index (κ3) is 2.88. The van der Waals surface area contributed by atoms with Crippen molar-refractivity contribution in [3.8, 4) is 11.4 Å². The van der Waals surface area contributed by atoms with E-state index in [1.165, 1.54) is 5.39 Å². The Morgan fingerprint density at radius 2 is 1.78 bits per heavy atom. The number of fused-ring (bicyclic) bond motifs is 4. The summed E-state index contributed by atoms with van der Waals surface area (Å²) >= 11 is 0. The van der Waals surface area contributed by atoms with Gasteiger partial charge in [-0.05, 0) is 30.4 Å². The Bertz CT molecular complexity index is 1280. The van der Waals surface area contributed by atoms with Crippen molar-refractivity contribution in [1.82, 2.24) is 24.9 Å². The molecular weight excluding hydrogens is 406 g/mol. The number of H-pyrrole nitrogens is 2. The maximum absolute atomic E-state index is 5.83. The lowest BCUT2D eigenvalue weighted by Gasteiger charge is -2.36. The first-order valence-corrected chi connectivity index (χ1v) is 11.4. The Kier molecular flexibility index (Phi) is 4.13. The Balaban J connectivity index is 1.38. The van der Waals surface area contributed by atoms with Crippen molar-refractivity contribution in [2.24, 2.45) is 0 Å². The number of imidazole rings is 1. The van der Waals surface area contributed by atoms with Crippen molar-refractivity contribution < 1.29 is 9.47 Å². The van der Waals surface area contributed by atoms with Gasteiger partial charge in [0, 0.05) is 30.4 Å². The molecule has 3 aliphatic rings. The molecule has 3 fully saturated rings. The number of aromatic amines is 2. The first-order valence-electron chi connectivity index (χ1n) is 11.4. The van der Waals surface area contributed by atoms with Crippen LogP contribution in [0.25, 0.3) is 33.5 Å². The van der Waals surface area contributed by atoms with Crippen molar-refractivity contribution in [1.29, 1.82) is 0 Å². The van der Waals surface area contributed by atoms with Gasteiger partial charge in [-0.2, -0.15) is 9.97 Å². The largest absolute Gasteiger partial charge is 0.378 e. The van der Waals surface area contributed by atoms with E-state index in [-0.39, 0.29) is 0 Å². The molecule has 2 N–H and O–H groups in total. The lowest BCUT2D eigenvalue weighted by atomic mass is 10.1. The normalized spacial score (nSPS) is 23.5. The highest BCUT2D eigenvalue weighted by molar-refractivity contribution is 5.90. The molecule has 9 nitrogen and oxygen atoms in total. The number of morpholine rings is 2. The lowest BCUT2D eigenvalue weighted by molar-refractivity contribution is 0.0903. The number of benzene rings is 1. The number of hydrogen-bond donors (Lipinski definition) is 2. The van der Waals surface area contributed by atoms with E-state index < -0.39 is 0 Å².